The number of carboxylic acids is 1. The van der Waals surface area contributed by atoms with Crippen molar-refractivity contribution in [1.82, 2.24) is 5.32 Å². The first-order valence-corrected chi connectivity index (χ1v) is 9.21. The maximum Gasteiger partial charge on any atom is 0.414 e. The quantitative estimate of drug-likeness (QED) is 0.776. The van der Waals surface area contributed by atoms with Gasteiger partial charge >= 0.3 is 12.1 Å². The highest BCUT2D eigenvalue weighted by Gasteiger charge is 2.51. The van der Waals surface area contributed by atoms with Gasteiger partial charge in [-0.05, 0) is 42.9 Å². The van der Waals surface area contributed by atoms with Crippen LogP contribution in [-0.4, -0.2) is 36.2 Å². The van der Waals surface area contributed by atoms with E-state index in [4.69, 9.17) is 4.74 Å². The third-order valence-corrected chi connectivity index (χ3v) is 5.85. The van der Waals surface area contributed by atoms with Gasteiger partial charge in [-0.1, -0.05) is 24.3 Å². The minimum absolute atomic E-state index is 0.00555. The first kappa shape index (κ1) is 17.6. The molecule has 0 radical (unpaired) electrons. The van der Waals surface area contributed by atoms with Crippen molar-refractivity contribution in [2.45, 2.75) is 19.4 Å². The van der Waals surface area contributed by atoms with Gasteiger partial charge in [-0.25, -0.2) is 4.79 Å². The minimum Gasteiger partial charge on any atom is -0.481 e. The fraction of sp³-hybridized carbons (Fsp3) is 0.450. The normalized spacial score (nSPS) is 29.7. The summed E-state index contributed by atoms with van der Waals surface area (Å²) in [5.74, 6) is -2.38. The number of amides is 2. The van der Waals surface area contributed by atoms with E-state index >= 15 is 0 Å². The van der Waals surface area contributed by atoms with Crippen LogP contribution in [0.15, 0.2) is 36.4 Å². The molecule has 0 spiro atoms. The van der Waals surface area contributed by atoms with Gasteiger partial charge in [0.15, 0.2) is 0 Å². The van der Waals surface area contributed by atoms with E-state index in [2.05, 4.69) is 5.32 Å². The van der Waals surface area contributed by atoms with Crippen molar-refractivity contribution in [3.8, 4) is 0 Å². The van der Waals surface area contributed by atoms with Crippen molar-refractivity contribution >= 4 is 23.7 Å². The molecule has 0 unspecified atom stereocenters. The highest BCUT2D eigenvalue weighted by atomic mass is 16.6. The van der Waals surface area contributed by atoms with Crippen molar-refractivity contribution < 1.29 is 24.2 Å². The summed E-state index contributed by atoms with van der Waals surface area (Å²) in [6, 6.07) is 7.09. The van der Waals surface area contributed by atoms with Gasteiger partial charge in [-0.3, -0.25) is 14.5 Å². The van der Waals surface area contributed by atoms with Gasteiger partial charge in [-0.15, -0.1) is 0 Å². The van der Waals surface area contributed by atoms with Crippen LogP contribution in [-0.2, 0) is 14.3 Å². The number of rotatable bonds is 5. The number of carboxylic acid groups (broad SMARTS) is 1. The molecule has 2 fully saturated rings. The van der Waals surface area contributed by atoms with E-state index < -0.39 is 17.8 Å². The van der Waals surface area contributed by atoms with Crippen LogP contribution in [0, 0.1) is 23.7 Å². The number of anilines is 1. The molecule has 7 heteroatoms. The van der Waals surface area contributed by atoms with Crippen LogP contribution in [0.25, 0.3) is 0 Å². The lowest BCUT2D eigenvalue weighted by atomic mass is 9.82. The van der Waals surface area contributed by atoms with Crippen LogP contribution in [0.1, 0.15) is 24.9 Å². The van der Waals surface area contributed by atoms with E-state index in [-0.39, 0.29) is 29.9 Å². The van der Waals surface area contributed by atoms with Gasteiger partial charge in [0, 0.05) is 5.69 Å². The smallest absolute Gasteiger partial charge is 0.414 e. The number of hydrogen-bond donors (Lipinski definition) is 2. The molecule has 2 amide bonds. The summed E-state index contributed by atoms with van der Waals surface area (Å²) >= 11 is 0. The lowest BCUT2D eigenvalue weighted by molar-refractivity contribution is -0.148. The van der Waals surface area contributed by atoms with E-state index in [0.29, 0.717) is 13.2 Å². The van der Waals surface area contributed by atoms with Gasteiger partial charge in [-0.2, -0.15) is 0 Å². The number of fused-ring (bicyclic) bond motifs is 2. The molecule has 1 heterocycles. The Labute approximate surface area is 157 Å². The first-order chi connectivity index (χ1) is 13.0. The van der Waals surface area contributed by atoms with Crippen molar-refractivity contribution in [3.63, 3.8) is 0 Å². The Hall–Kier alpha value is -2.83. The zero-order valence-electron chi connectivity index (χ0n) is 15.0. The lowest BCUT2D eigenvalue weighted by Crippen LogP contribution is -2.41. The van der Waals surface area contributed by atoms with Crippen LogP contribution in [0.5, 0.6) is 0 Å². The molecule has 1 aliphatic heterocycles. The predicted octanol–water partition coefficient (Wildman–Crippen LogP) is 2.34. The molecule has 1 aromatic carbocycles. The number of aliphatic carboxylic acids is 1. The summed E-state index contributed by atoms with van der Waals surface area (Å²) in [7, 11) is 0. The molecule has 27 heavy (non-hydrogen) atoms. The molecule has 2 bridgehead atoms. The third kappa shape index (κ3) is 3.07. The molecule has 1 saturated carbocycles. The average Bonchev–Trinajstić information content (AvgIpc) is 3.36. The Bertz CT molecular complexity index is 820. The molecule has 2 N–H and O–H groups in total. The van der Waals surface area contributed by atoms with Gasteiger partial charge in [0.25, 0.3) is 0 Å². The molecular formula is C20H22N2O5. The molecule has 4 rings (SSSR count). The predicted molar refractivity (Wildman–Crippen MR) is 97.0 cm³/mol. The Balaban J connectivity index is 1.48. The van der Waals surface area contributed by atoms with E-state index in [9.17, 15) is 19.5 Å². The van der Waals surface area contributed by atoms with Gasteiger partial charge in [0.1, 0.15) is 6.61 Å². The molecule has 7 nitrogen and oxygen atoms in total. The van der Waals surface area contributed by atoms with E-state index in [1.165, 1.54) is 0 Å². The second-order valence-corrected chi connectivity index (χ2v) is 7.43. The number of carbonyl (C=O) groups excluding carboxylic acids is 2. The third-order valence-electron chi connectivity index (χ3n) is 5.85. The van der Waals surface area contributed by atoms with Crippen LogP contribution in [0.2, 0.25) is 0 Å². The molecule has 2 aliphatic carbocycles. The van der Waals surface area contributed by atoms with Crippen molar-refractivity contribution in [1.29, 1.82) is 0 Å². The second kappa shape index (κ2) is 6.72. The molecule has 0 aromatic heterocycles. The molecule has 1 aromatic rings. The number of nitrogens with zero attached hydrogens (tertiary/aromatic N) is 1. The molecule has 1 saturated heterocycles. The zero-order valence-corrected chi connectivity index (χ0v) is 15.0. The average molecular weight is 370 g/mol. The maximum atomic E-state index is 12.8. The van der Waals surface area contributed by atoms with Crippen molar-refractivity contribution in [3.05, 3.63) is 42.0 Å². The summed E-state index contributed by atoms with van der Waals surface area (Å²) in [6.07, 6.45) is 4.26. The second-order valence-electron chi connectivity index (χ2n) is 7.43. The van der Waals surface area contributed by atoms with E-state index in [1.807, 2.05) is 43.3 Å². The number of allylic oxidation sites excluding steroid dienone is 2. The van der Waals surface area contributed by atoms with Gasteiger partial charge in [0.05, 0.1) is 24.4 Å². The van der Waals surface area contributed by atoms with Crippen LogP contribution >= 0.6 is 0 Å². The Morgan fingerprint density at radius 2 is 2.00 bits per heavy atom. The van der Waals surface area contributed by atoms with Crippen LogP contribution in [0.3, 0.4) is 0 Å². The van der Waals surface area contributed by atoms with E-state index in [1.54, 1.807) is 4.90 Å². The summed E-state index contributed by atoms with van der Waals surface area (Å²) < 4.78 is 4.97. The Kier molecular flexibility index (Phi) is 4.37. The van der Waals surface area contributed by atoms with E-state index in [0.717, 1.165) is 17.7 Å². The lowest BCUT2D eigenvalue weighted by Gasteiger charge is -2.26. The molecule has 3 aliphatic rings. The molecular weight excluding hydrogens is 348 g/mol. The fourth-order valence-corrected chi connectivity index (χ4v) is 4.50. The number of nitrogens with one attached hydrogen (secondary N) is 1. The monoisotopic (exact) mass is 370 g/mol. The summed E-state index contributed by atoms with van der Waals surface area (Å²) in [5.41, 5.74) is 1.58. The van der Waals surface area contributed by atoms with Gasteiger partial charge < -0.3 is 15.2 Å². The topological polar surface area (TPSA) is 95.9 Å². The molecule has 5 atom stereocenters. The van der Waals surface area contributed by atoms with Crippen LogP contribution < -0.4 is 10.2 Å². The Morgan fingerprint density at radius 3 is 2.67 bits per heavy atom. The van der Waals surface area contributed by atoms with Crippen molar-refractivity contribution in [2.24, 2.45) is 23.7 Å². The largest absolute Gasteiger partial charge is 0.481 e. The Morgan fingerprint density at radius 1 is 1.26 bits per heavy atom. The number of ether oxygens (including phenoxy) is 1. The number of hydrogen-bond acceptors (Lipinski definition) is 4. The number of benzene rings is 1. The fourth-order valence-electron chi connectivity index (χ4n) is 4.50. The highest BCUT2D eigenvalue weighted by molar-refractivity contribution is 5.89. The van der Waals surface area contributed by atoms with Gasteiger partial charge in [0.2, 0.25) is 5.91 Å². The van der Waals surface area contributed by atoms with Crippen LogP contribution in [0.4, 0.5) is 10.5 Å². The highest BCUT2D eigenvalue weighted by Crippen LogP contribution is 2.48. The number of cyclic esters (lactones) is 1. The standard InChI is InChI=1S/C20H22N2O5/c1-11(12-3-2-4-15(10-12)22-7-8-27-20(22)26)21-18(23)16-13-5-6-14(9-13)17(16)19(24)25/h2-6,10-11,13-14,16-17H,7-9H2,1H3,(H,21,23)(H,24,25)/t11-,13-,14-,16+,17-/m0/s1. The number of carbonyl (C=O) groups is 3. The summed E-state index contributed by atoms with van der Waals surface area (Å²) in [5, 5.41) is 12.5. The summed E-state index contributed by atoms with van der Waals surface area (Å²) in [4.78, 5) is 37.8. The minimum atomic E-state index is -0.908. The van der Waals surface area contributed by atoms with Crippen molar-refractivity contribution in [2.75, 3.05) is 18.1 Å². The zero-order chi connectivity index (χ0) is 19.1. The maximum absolute atomic E-state index is 12.8. The summed E-state index contributed by atoms with van der Waals surface area (Å²) in [6.45, 7) is 2.72. The molecule has 142 valence electrons. The first-order valence-electron chi connectivity index (χ1n) is 9.21. The SMILES string of the molecule is C[C@H](NC(=O)[C@H]1[C@@H](C(=O)O)[C@H]2C=C[C@H]1C2)c1cccc(N2CCOC2=O)c1.